The zero-order valence-electron chi connectivity index (χ0n) is 25.8. The van der Waals surface area contributed by atoms with Crippen molar-refractivity contribution >= 4 is 87.0 Å². The molecule has 2 nitrogen and oxygen atoms in total. The van der Waals surface area contributed by atoms with E-state index >= 15 is 0 Å². The Bertz CT molecular complexity index is 3060. The van der Waals surface area contributed by atoms with Crippen LogP contribution < -0.4 is 0 Å². The van der Waals surface area contributed by atoms with E-state index < -0.39 is 0 Å². The first-order chi connectivity index (χ1) is 23.8. The van der Waals surface area contributed by atoms with E-state index in [2.05, 4.69) is 158 Å². The van der Waals surface area contributed by atoms with E-state index in [9.17, 15) is 0 Å². The van der Waals surface area contributed by atoms with E-state index in [1.165, 1.54) is 65.3 Å². The third kappa shape index (κ3) is 3.52. The molecule has 222 valence electrons. The summed E-state index contributed by atoms with van der Waals surface area (Å²) in [6.45, 7) is 0. The van der Waals surface area contributed by atoms with Gasteiger partial charge in [-0.1, -0.05) is 121 Å². The van der Waals surface area contributed by atoms with Gasteiger partial charge in [-0.3, -0.25) is 0 Å². The van der Waals surface area contributed by atoms with Gasteiger partial charge in [0.2, 0.25) is 0 Å². The van der Waals surface area contributed by atoms with Crippen molar-refractivity contribution in [3.8, 4) is 22.3 Å². The largest absolute Gasteiger partial charge is 0.456 e. The molecule has 0 saturated heterocycles. The summed E-state index contributed by atoms with van der Waals surface area (Å²) < 4.78 is 12.9. The fourth-order valence-electron chi connectivity index (χ4n) is 8.11. The molecule has 48 heavy (non-hydrogen) atoms. The van der Waals surface area contributed by atoms with Gasteiger partial charge in [0.05, 0.1) is 0 Å². The Kier molecular flexibility index (Phi) is 5.14. The molecule has 2 heteroatoms. The average molecular weight is 611 g/mol. The van der Waals surface area contributed by atoms with Gasteiger partial charge in [-0.05, 0) is 96.4 Å². The molecule has 11 aromatic rings. The molecule has 0 amide bonds. The van der Waals surface area contributed by atoms with E-state index in [0.29, 0.717) is 0 Å². The lowest BCUT2D eigenvalue weighted by molar-refractivity contribution is 0.669. The van der Waals surface area contributed by atoms with Crippen LogP contribution in [-0.2, 0) is 0 Å². The summed E-state index contributed by atoms with van der Waals surface area (Å²) in [5.41, 5.74) is 8.51. The minimum absolute atomic E-state index is 0.906. The first-order valence-corrected chi connectivity index (χ1v) is 16.4. The number of benzene rings is 9. The second kappa shape index (κ2) is 9.57. The van der Waals surface area contributed by atoms with Crippen LogP contribution in [0.1, 0.15) is 0 Å². The molecule has 0 unspecified atom stereocenters. The van der Waals surface area contributed by atoms with Gasteiger partial charge in [-0.2, -0.15) is 0 Å². The molecule has 0 aliphatic carbocycles. The van der Waals surface area contributed by atoms with Crippen LogP contribution in [-0.4, -0.2) is 0 Å². The molecule has 11 rings (SSSR count). The molecule has 9 aromatic carbocycles. The Balaban J connectivity index is 1.20. The molecule has 0 spiro atoms. The van der Waals surface area contributed by atoms with Gasteiger partial charge in [0.15, 0.2) is 0 Å². The Hall–Kier alpha value is -6.38. The molecule has 0 fully saturated rings. The zero-order valence-corrected chi connectivity index (χ0v) is 25.8. The Morgan fingerprint density at radius 2 is 0.771 bits per heavy atom. The lowest BCUT2D eigenvalue weighted by atomic mass is 9.85. The zero-order chi connectivity index (χ0) is 31.3. The molecule has 2 heterocycles. The van der Waals surface area contributed by atoms with Crippen molar-refractivity contribution in [3.05, 3.63) is 158 Å². The van der Waals surface area contributed by atoms with Crippen molar-refractivity contribution < 1.29 is 8.83 Å². The Labute approximate surface area is 275 Å². The maximum absolute atomic E-state index is 6.49. The fraction of sp³-hybridized carbons (Fsp3) is 0. The van der Waals surface area contributed by atoms with Crippen LogP contribution in [0.3, 0.4) is 0 Å². The maximum atomic E-state index is 6.49. The predicted octanol–water partition coefficient (Wildman–Crippen LogP) is 13.4. The van der Waals surface area contributed by atoms with Gasteiger partial charge >= 0.3 is 0 Å². The van der Waals surface area contributed by atoms with Crippen molar-refractivity contribution in [1.29, 1.82) is 0 Å². The normalized spacial score (nSPS) is 12.2. The van der Waals surface area contributed by atoms with Crippen LogP contribution in [0, 0.1) is 0 Å². The summed E-state index contributed by atoms with van der Waals surface area (Å²) in [7, 11) is 0. The second-order valence-corrected chi connectivity index (χ2v) is 12.8. The van der Waals surface area contributed by atoms with E-state index in [-0.39, 0.29) is 0 Å². The summed E-state index contributed by atoms with van der Waals surface area (Å²) in [6, 6.07) is 56.7. The van der Waals surface area contributed by atoms with Crippen molar-refractivity contribution in [1.82, 2.24) is 0 Å². The van der Waals surface area contributed by atoms with Crippen LogP contribution in [0.5, 0.6) is 0 Å². The lowest BCUT2D eigenvalue weighted by Crippen LogP contribution is -1.90. The summed E-state index contributed by atoms with van der Waals surface area (Å²) in [5.74, 6) is 0. The molecular formula is C46H26O2. The molecular weight excluding hydrogens is 585 g/mol. The third-order valence-corrected chi connectivity index (χ3v) is 10.2. The highest BCUT2D eigenvalue weighted by molar-refractivity contribution is 6.24. The average Bonchev–Trinajstić information content (AvgIpc) is 3.72. The van der Waals surface area contributed by atoms with E-state index in [1.54, 1.807) is 0 Å². The summed E-state index contributed by atoms with van der Waals surface area (Å²) in [6.07, 6.45) is 0. The minimum atomic E-state index is 0.906. The van der Waals surface area contributed by atoms with Crippen LogP contribution in [0.25, 0.3) is 109 Å². The third-order valence-electron chi connectivity index (χ3n) is 10.2. The van der Waals surface area contributed by atoms with Gasteiger partial charge in [0, 0.05) is 26.9 Å². The highest BCUT2D eigenvalue weighted by atomic mass is 16.3. The molecule has 0 aliphatic heterocycles. The van der Waals surface area contributed by atoms with Crippen LogP contribution in [0.2, 0.25) is 0 Å². The lowest BCUT2D eigenvalue weighted by Gasteiger charge is -2.18. The number of rotatable bonds is 2. The fourth-order valence-corrected chi connectivity index (χ4v) is 8.11. The second-order valence-electron chi connectivity index (χ2n) is 12.8. The molecule has 0 saturated carbocycles. The first kappa shape index (κ1) is 25.8. The van der Waals surface area contributed by atoms with Crippen molar-refractivity contribution in [2.45, 2.75) is 0 Å². The molecule has 0 N–H and O–H groups in total. The van der Waals surface area contributed by atoms with Crippen molar-refractivity contribution in [2.24, 2.45) is 0 Å². The summed E-state index contributed by atoms with van der Waals surface area (Å²) in [5, 5.41) is 14.3. The maximum Gasteiger partial charge on any atom is 0.143 e. The van der Waals surface area contributed by atoms with E-state index in [0.717, 1.165) is 43.9 Å². The van der Waals surface area contributed by atoms with Crippen LogP contribution in [0.15, 0.2) is 167 Å². The number of furan rings is 2. The monoisotopic (exact) mass is 610 g/mol. The Morgan fingerprint density at radius 1 is 0.292 bits per heavy atom. The summed E-state index contributed by atoms with van der Waals surface area (Å²) >= 11 is 0. The van der Waals surface area contributed by atoms with Gasteiger partial charge in [0.25, 0.3) is 0 Å². The molecule has 0 aliphatic rings. The molecule has 0 bridgehead atoms. The summed E-state index contributed by atoms with van der Waals surface area (Å²) in [4.78, 5) is 0. The minimum Gasteiger partial charge on any atom is -0.456 e. The van der Waals surface area contributed by atoms with E-state index in [4.69, 9.17) is 8.83 Å². The highest BCUT2D eigenvalue weighted by Gasteiger charge is 2.19. The van der Waals surface area contributed by atoms with Gasteiger partial charge in [-0.15, -0.1) is 0 Å². The molecule has 0 atom stereocenters. The van der Waals surface area contributed by atoms with Crippen LogP contribution >= 0.6 is 0 Å². The standard InChI is InChI=1S/C46H26O2/c1-3-11-31-27(9-1)18-24-42-45(31)39-26-30(20-23-41(39)47-42)44-35-15-7-5-13-33(35)43(34-14-6-8-16-36(34)44)29-19-22-40-38(25-29)37-21-17-28-10-2-4-12-32(28)46(37)48-40/h1-26H. The molecule has 2 aromatic heterocycles. The van der Waals surface area contributed by atoms with Crippen molar-refractivity contribution in [2.75, 3.05) is 0 Å². The highest BCUT2D eigenvalue weighted by Crippen LogP contribution is 2.46. The van der Waals surface area contributed by atoms with Crippen LogP contribution in [0.4, 0.5) is 0 Å². The Morgan fingerprint density at radius 3 is 1.42 bits per heavy atom. The van der Waals surface area contributed by atoms with E-state index in [1.807, 2.05) is 0 Å². The number of hydrogen-bond acceptors (Lipinski definition) is 2. The first-order valence-electron chi connectivity index (χ1n) is 16.4. The number of hydrogen-bond donors (Lipinski definition) is 0. The van der Waals surface area contributed by atoms with Gasteiger partial charge < -0.3 is 8.83 Å². The quantitative estimate of drug-likeness (QED) is 0.182. The van der Waals surface area contributed by atoms with Gasteiger partial charge in [-0.25, -0.2) is 0 Å². The topological polar surface area (TPSA) is 26.3 Å². The smallest absolute Gasteiger partial charge is 0.143 e. The number of fused-ring (bicyclic) bond motifs is 12. The molecule has 0 radical (unpaired) electrons. The van der Waals surface area contributed by atoms with Gasteiger partial charge in [0.1, 0.15) is 22.3 Å². The predicted molar refractivity (Wildman–Crippen MR) is 202 cm³/mol. The SMILES string of the molecule is c1ccc2c(c1)ccc1c3cc(-c4c5ccccc5c(-c5ccc6oc7ccc8ccccc8c7c6c5)c5ccccc45)ccc3oc21. The van der Waals surface area contributed by atoms with Crippen molar-refractivity contribution in [3.63, 3.8) is 0 Å².